The highest BCUT2D eigenvalue weighted by Crippen LogP contribution is 2.32. The van der Waals surface area contributed by atoms with Crippen molar-refractivity contribution in [1.29, 1.82) is 0 Å². The highest BCUT2D eigenvalue weighted by molar-refractivity contribution is 9.10. The SMILES string of the molecule is COc1ccc(Br)cc1[C@H](Br)CO. The monoisotopic (exact) mass is 308 g/mol. The van der Waals surface area contributed by atoms with Gasteiger partial charge in [0.05, 0.1) is 18.5 Å². The molecule has 1 rings (SSSR count). The molecule has 0 saturated carbocycles. The first-order valence-corrected chi connectivity index (χ1v) is 5.48. The second-order valence-corrected chi connectivity index (χ2v) is 4.56. The van der Waals surface area contributed by atoms with Gasteiger partial charge in [0.1, 0.15) is 5.75 Å². The van der Waals surface area contributed by atoms with Crippen LogP contribution in [0.2, 0.25) is 0 Å². The largest absolute Gasteiger partial charge is 0.496 e. The van der Waals surface area contributed by atoms with Gasteiger partial charge in [0.2, 0.25) is 0 Å². The molecule has 0 spiro atoms. The molecule has 4 heteroatoms. The molecular weight excluding hydrogens is 300 g/mol. The molecule has 1 atom stereocenters. The summed E-state index contributed by atoms with van der Waals surface area (Å²) in [5.74, 6) is 0.777. The van der Waals surface area contributed by atoms with Gasteiger partial charge in [0, 0.05) is 10.0 Å². The van der Waals surface area contributed by atoms with Gasteiger partial charge in [-0.25, -0.2) is 0 Å². The maximum atomic E-state index is 8.98. The fourth-order valence-electron chi connectivity index (χ4n) is 1.05. The van der Waals surface area contributed by atoms with Gasteiger partial charge >= 0.3 is 0 Å². The van der Waals surface area contributed by atoms with Crippen molar-refractivity contribution in [3.63, 3.8) is 0 Å². The fourth-order valence-corrected chi connectivity index (χ4v) is 1.78. The molecule has 1 N–H and O–H groups in total. The highest BCUT2D eigenvalue weighted by atomic mass is 79.9. The Kier molecular flexibility index (Phi) is 4.22. The number of hydrogen-bond donors (Lipinski definition) is 1. The van der Waals surface area contributed by atoms with Crippen LogP contribution in [0, 0.1) is 0 Å². The minimum atomic E-state index is -0.0834. The predicted octanol–water partition coefficient (Wildman–Crippen LogP) is 2.89. The van der Waals surface area contributed by atoms with Crippen LogP contribution in [0.5, 0.6) is 5.75 Å². The summed E-state index contributed by atoms with van der Waals surface area (Å²) in [7, 11) is 1.61. The molecule has 0 aliphatic rings. The zero-order valence-electron chi connectivity index (χ0n) is 7.13. The number of rotatable bonds is 3. The van der Waals surface area contributed by atoms with E-state index >= 15 is 0 Å². The zero-order valence-corrected chi connectivity index (χ0v) is 10.3. The molecule has 0 aromatic heterocycles. The van der Waals surface area contributed by atoms with Crippen molar-refractivity contribution in [2.75, 3.05) is 13.7 Å². The lowest BCUT2D eigenvalue weighted by molar-refractivity contribution is 0.295. The molecule has 0 aliphatic heterocycles. The fraction of sp³-hybridized carbons (Fsp3) is 0.333. The number of halogens is 2. The minimum Gasteiger partial charge on any atom is -0.496 e. The lowest BCUT2D eigenvalue weighted by Gasteiger charge is -2.12. The molecule has 1 aromatic carbocycles. The summed E-state index contributed by atoms with van der Waals surface area (Å²) in [6, 6.07) is 5.69. The van der Waals surface area contributed by atoms with Gasteiger partial charge in [0.15, 0.2) is 0 Å². The third kappa shape index (κ3) is 2.69. The van der Waals surface area contributed by atoms with E-state index in [-0.39, 0.29) is 11.4 Å². The van der Waals surface area contributed by atoms with Crippen LogP contribution in [0.15, 0.2) is 22.7 Å². The summed E-state index contributed by atoms with van der Waals surface area (Å²) in [4.78, 5) is -0.0834. The summed E-state index contributed by atoms with van der Waals surface area (Å²) >= 11 is 6.72. The molecule has 0 unspecified atom stereocenters. The molecule has 0 fully saturated rings. The first kappa shape index (κ1) is 11.0. The van der Waals surface area contributed by atoms with Crippen LogP contribution in [-0.4, -0.2) is 18.8 Å². The minimum absolute atomic E-state index is 0.0484. The van der Waals surface area contributed by atoms with E-state index in [1.54, 1.807) is 7.11 Å². The summed E-state index contributed by atoms with van der Waals surface area (Å²) in [5.41, 5.74) is 0.944. The summed E-state index contributed by atoms with van der Waals surface area (Å²) in [5, 5.41) is 8.98. The van der Waals surface area contributed by atoms with E-state index in [1.165, 1.54) is 0 Å². The first-order chi connectivity index (χ1) is 6.19. The van der Waals surface area contributed by atoms with E-state index in [9.17, 15) is 0 Å². The second kappa shape index (κ2) is 4.98. The highest BCUT2D eigenvalue weighted by Gasteiger charge is 2.11. The number of alkyl halides is 1. The van der Waals surface area contributed by atoms with Crippen molar-refractivity contribution in [2.24, 2.45) is 0 Å². The van der Waals surface area contributed by atoms with Crippen LogP contribution in [0.25, 0.3) is 0 Å². The Morgan fingerprint density at radius 2 is 2.23 bits per heavy atom. The molecule has 0 saturated heterocycles. The number of ether oxygens (including phenoxy) is 1. The van der Waals surface area contributed by atoms with Crippen LogP contribution >= 0.6 is 31.9 Å². The second-order valence-electron chi connectivity index (χ2n) is 2.54. The molecular formula is C9H10Br2O2. The molecule has 13 heavy (non-hydrogen) atoms. The number of aliphatic hydroxyl groups excluding tert-OH is 1. The Hall–Kier alpha value is -0.0600. The van der Waals surface area contributed by atoms with Crippen LogP contribution in [0.3, 0.4) is 0 Å². The molecule has 1 aromatic rings. The van der Waals surface area contributed by atoms with Crippen LogP contribution in [0.4, 0.5) is 0 Å². The van der Waals surface area contributed by atoms with Crippen molar-refractivity contribution in [3.8, 4) is 5.75 Å². The molecule has 0 amide bonds. The van der Waals surface area contributed by atoms with Gasteiger partial charge in [0.25, 0.3) is 0 Å². The van der Waals surface area contributed by atoms with Gasteiger partial charge in [-0.1, -0.05) is 31.9 Å². The third-order valence-corrected chi connectivity index (χ3v) is 2.97. The number of hydrogen-bond acceptors (Lipinski definition) is 2. The number of methoxy groups -OCH3 is 1. The number of benzene rings is 1. The summed E-state index contributed by atoms with van der Waals surface area (Å²) < 4.78 is 6.13. The van der Waals surface area contributed by atoms with E-state index in [4.69, 9.17) is 9.84 Å². The Morgan fingerprint density at radius 1 is 1.54 bits per heavy atom. The normalized spacial score (nSPS) is 12.6. The Morgan fingerprint density at radius 3 is 2.77 bits per heavy atom. The van der Waals surface area contributed by atoms with Crippen molar-refractivity contribution in [3.05, 3.63) is 28.2 Å². The first-order valence-electron chi connectivity index (χ1n) is 3.77. The molecule has 0 bridgehead atoms. The van der Waals surface area contributed by atoms with Gasteiger partial charge in [-0.05, 0) is 18.2 Å². The van der Waals surface area contributed by atoms with E-state index in [0.29, 0.717) is 0 Å². The Balaban J connectivity index is 3.07. The Labute approximate surface area is 94.2 Å². The van der Waals surface area contributed by atoms with Gasteiger partial charge in [-0.3, -0.25) is 0 Å². The predicted molar refractivity (Wildman–Crippen MR) is 59.4 cm³/mol. The average molecular weight is 310 g/mol. The average Bonchev–Trinajstić information content (AvgIpc) is 2.16. The number of aliphatic hydroxyl groups is 1. The van der Waals surface area contributed by atoms with Crippen LogP contribution in [-0.2, 0) is 0 Å². The molecule has 0 radical (unpaired) electrons. The van der Waals surface area contributed by atoms with E-state index in [0.717, 1.165) is 15.8 Å². The van der Waals surface area contributed by atoms with Crippen molar-refractivity contribution < 1.29 is 9.84 Å². The van der Waals surface area contributed by atoms with Crippen LogP contribution in [0.1, 0.15) is 10.4 Å². The maximum absolute atomic E-state index is 8.98. The lowest BCUT2D eigenvalue weighted by Crippen LogP contribution is -1.98. The quantitative estimate of drug-likeness (QED) is 0.870. The van der Waals surface area contributed by atoms with Gasteiger partial charge in [-0.2, -0.15) is 0 Å². The van der Waals surface area contributed by atoms with E-state index in [2.05, 4.69) is 31.9 Å². The molecule has 72 valence electrons. The molecule has 2 nitrogen and oxygen atoms in total. The zero-order chi connectivity index (χ0) is 9.84. The van der Waals surface area contributed by atoms with Crippen molar-refractivity contribution >= 4 is 31.9 Å². The van der Waals surface area contributed by atoms with Crippen molar-refractivity contribution in [1.82, 2.24) is 0 Å². The Bertz CT molecular complexity index is 289. The molecule has 0 aliphatic carbocycles. The van der Waals surface area contributed by atoms with Gasteiger partial charge in [-0.15, -0.1) is 0 Å². The lowest BCUT2D eigenvalue weighted by atomic mass is 10.1. The smallest absolute Gasteiger partial charge is 0.123 e. The maximum Gasteiger partial charge on any atom is 0.123 e. The molecule has 0 heterocycles. The van der Waals surface area contributed by atoms with E-state index in [1.807, 2.05) is 18.2 Å². The topological polar surface area (TPSA) is 29.5 Å². The summed E-state index contributed by atoms with van der Waals surface area (Å²) in [6.07, 6.45) is 0. The van der Waals surface area contributed by atoms with Crippen molar-refractivity contribution in [2.45, 2.75) is 4.83 Å². The third-order valence-electron chi connectivity index (χ3n) is 1.69. The van der Waals surface area contributed by atoms with Crippen LogP contribution < -0.4 is 4.74 Å². The summed E-state index contributed by atoms with van der Waals surface area (Å²) in [6.45, 7) is 0.0484. The van der Waals surface area contributed by atoms with Gasteiger partial charge < -0.3 is 9.84 Å². The standard InChI is InChI=1S/C9H10Br2O2/c1-13-9-3-2-6(10)4-7(9)8(11)5-12/h2-4,8,12H,5H2,1H3/t8-/m1/s1. The van der Waals surface area contributed by atoms with E-state index < -0.39 is 0 Å².